The van der Waals surface area contributed by atoms with Crippen LogP contribution < -0.4 is 4.90 Å². The van der Waals surface area contributed by atoms with Crippen LogP contribution in [0.25, 0.3) is 10.2 Å². The fraction of sp³-hybridized carbons (Fsp3) is 0.368. The minimum Gasteiger partial charge on any atom is -0.376 e. The van der Waals surface area contributed by atoms with Gasteiger partial charge in [0.25, 0.3) is 5.91 Å². The molecule has 1 aliphatic rings. The van der Waals surface area contributed by atoms with Gasteiger partial charge in [-0.2, -0.15) is 0 Å². The van der Waals surface area contributed by atoms with E-state index in [0.717, 1.165) is 44.1 Å². The van der Waals surface area contributed by atoms with Crippen molar-refractivity contribution in [1.82, 2.24) is 4.98 Å². The van der Waals surface area contributed by atoms with Gasteiger partial charge in [0.1, 0.15) is 0 Å². The van der Waals surface area contributed by atoms with Gasteiger partial charge in [-0.3, -0.25) is 9.69 Å². The maximum atomic E-state index is 13.2. The molecule has 3 aromatic rings. The van der Waals surface area contributed by atoms with Crippen LogP contribution in [0.15, 0.2) is 28.1 Å². The second-order valence-electron chi connectivity index (χ2n) is 6.58. The third kappa shape index (κ3) is 3.58. The third-order valence-electron chi connectivity index (χ3n) is 4.49. The Hall–Kier alpha value is -1.28. The summed E-state index contributed by atoms with van der Waals surface area (Å²) in [6, 6.07) is 8.05. The van der Waals surface area contributed by atoms with Crippen molar-refractivity contribution < 1.29 is 9.53 Å². The van der Waals surface area contributed by atoms with Crippen LogP contribution in [0, 0.1) is 13.8 Å². The Morgan fingerprint density at radius 1 is 1.35 bits per heavy atom. The van der Waals surface area contributed by atoms with Crippen LogP contribution in [0.4, 0.5) is 5.13 Å². The smallest absolute Gasteiger partial charge is 0.270 e. The van der Waals surface area contributed by atoms with Gasteiger partial charge in [0.15, 0.2) is 5.13 Å². The molecule has 4 nitrogen and oxygen atoms in total. The lowest BCUT2D eigenvalue weighted by Crippen LogP contribution is -2.37. The highest BCUT2D eigenvalue weighted by Gasteiger charge is 2.28. The lowest BCUT2D eigenvalue weighted by atomic mass is 10.1. The number of thiophene rings is 1. The summed E-state index contributed by atoms with van der Waals surface area (Å²) < 4.78 is 7.86. The Labute approximate surface area is 168 Å². The minimum atomic E-state index is -0.00960. The van der Waals surface area contributed by atoms with E-state index in [1.165, 1.54) is 16.9 Å². The van der Waals surface area contributed by atoms with Crippen LogP contribution in [0.1, 0.15) is 33.6 Å². The summed E-state index contributed by atoms with van der Waals surface area (Å²) in [7, 11) is 0. The van der Waals surface area contributed by atoms with Crippen molar-refractivity contribution in [1.29, 1.82) is 0 Å². The molecule has 136 valence electrons. The number of thiazole rings is 1. The molecule has 0 N–H and O–H groups in total. The van der Waals surface area contributed by atoms with Crippen LogP contribution in [-0.2, 0) is 4.74 Å². The molecule has 1 amide bonds. The number of hydrogen-bond acceptors (Lipinski definition) is 5. The monoisotopic (exact) mass is 450 g/mol. The number of hydrogen-bond donors (Lipinski definition) is 0. The molecule has 0 spiro atoms. The number of aryl methyl sites for hydroxylation is 2. The van der Waals surface area contributed by atoms with E-state index in [1.807, 2.05) is 12.1 Å². The zero-order chi connectivity index (χ0) is 18.3. The van der Waals surface area contributed by atoms with E-state index in [-0.39, 0.29) is 12.0 Å². The zero-order valence-electron chi connectivity index (χ0n) is 14.6. The van der Waals surface area contributed by atoms with Crippen LogP contribution in [-0.4, -0.2) is 30.1 Å². The molecular formula is C19H19BrN2O2S2. The number of rotatable bonds is 4. The Bertz CT molecular complexity index is 960. The first-order chi connectivity index (χ1) is 12.5. The average Bonchev–Trinajstić information content (AvgIpc) is 3.32. The summed E-state index contributed by atoms with van der Waals surface area (Å²) in [5, 5.41) is 0.749. The van der Waals surface area contributed by atoms with E-state index in [2.05, 4.69) is 41.9 Å². The summed E-state index contributed by atoms with van der Waals surface area (Å²) in [5.74, 6) is -0.00960. The highest BCUT2D eigenvalue weighted by Crippen LogP contribution is 2.34. The molecule has 1 saturated heterocycles. The number of amides is 1. The first-order valence-corrected chi connectivity index (χ1v) is 11.0. The van der Waals surface area contributed by atoms with Crippen molar-refractivity contribution in [2.24, 2.45) is 0 Å². The molecule has 1 aromatic carbocycles. The van der Waals surface area contributed by atoms with Gasteiger partial charge in [0.2, 0.25) is 0 Å². The van der Waals surface area contributed by atoms with Gasteiger partial charge >= 0.3 is 0 Å². The predicted octanol–water partition coefficient (Wildman–Crippen LogP) is 5.56. The molecule has 7 heteroatoms. The maximum Gasteiger partial charge on any atom is 0.270 e. The van der Waals surface area contributed by atoms with Crippen LogP contribution >= 0.6 is 38.6 Å². The number of fused-ring (bicyclic) bond motifs is 1. The van der Waals surface area contributed by atoms with Gasteiger partial charge in [-0.1, -0.05) is 17.4 Å². The number of carbonyl (C=O) groups is 1. The molecule has 4 rings (SSSR count). The molecule has 0 saturated carbocycles. The summed E-state index contributed by atoms with van der Waals surface area (Å²) in [6.45, 7) is 5.48. The van der Waals surface area contributed by atoms with Crippen molar-refractivity contribution in [3.8, 4) is 0 Å². The molecule has 1 unspecified atom stereocenters. The van der Waals surface area contributed by atoms with E-state index in [0.29, 0.717) is 11.4 Å². The molecule has 1 atom stereocenters. The standard InChI is InChI=1S/C19H19BrN2O2S2/c1-11-8-12(2)17-15(9-11)26-19(21-17)22(10-13-4-3-7-24-13)18(23)14-5-6-16(20)25-14/h5-6,8-9,13H,3-4,7,10H2,1-2H3. The molecule has 26 heavy (non-hydrogen) atoms. The quantitative estimate of drug-likeness (QED) is 0.522. The predicted molar refractivity (Wildman–Crippen MR) is 112 cm³/mol. The van der Waals surface area contributed by atoms with E-state index in [9.17, 15) is 4.79 Å². The zero-order valence-corrected chi connectivity index (χ0v) is 17.8. The maximum absolute atomic E-state index is 13.2. The Morgan fingerprint density at radius 3 is 2.88 bits per heavy atom. The minimum absolute atomic E-state index is 0.00960. The summed E-state index contributed by atoms with van der Waals surface area (Å²) in [4.78, 5) is 20.5. The SMILES string of the molecule is Cc1cc(C)c2nc(N(CC3CCCO3)C(=O)c3ccc(Br)s3)sc2c1. The number of halogens is 1. The van der Waals surface area contributed by atoms with E-state index >= 15 is 0 Å². The number of anilines is 1. The highest BCUT2D eigenvalue weighted by molar-refractivity contribution is 9.11. The molecular weight excluding hydrogens is 432 g/mol. The van der Waals surface area contributed by atoms with Gasteiger partial charge in [-0.25, -0.2) is 4.98 Å². The lowest BCUT2D eigenvalue weighted by Gasteiger charge is -2.22. The van der Waals surface area contributed by atoms with Gasteiger partial charge < -0.3 is 4.74 Å². The second-order valence-corrected chi connectivity index (χ2v) is 10.1. The lowest BCUT2D eigenvalue weighted by molar-refractivity contribution is 0.0920. The first-order valence-electron chi connectivity index (χ1n) is 8.58. The molecule has 0 aliphatic carbocycles. The Morgan fingerprint density at radius 2 is 2.19 bits per heavy atom. The fourth-order valence-corrected chi connectivity index (χ4v) is 5.76. The number of aromatic nitrogens is 1. The van der Waals surface area contributed by atoms with Crippen molar-refractivity contribution in [3.05, 3.63) is 44.1 Å². The molecule has 0 bridgehead atoms. The van der Waals surface area contributed by atoms with E-state index < -0.39 is 0 Å². The second kappa shape index (κ2) is 7.38. The van der Waals surface area contributed by atoms with Crippen LogP contribution in [0.5, 0.6) is 0 Å². The van der Waals surface area contributed by atoms with Crippen LogP contribution in [0.2, 0.25) is 0 Å². The van der Waals surface area contributed by atoms with E-state index in [4.69, 9.17) is 9.72 Å². The Balaban J connectivity index is 1.74. The topological polar surface area (TPSA) is 42.4 Å². The van der Waals surface area contributed by atoms with Crippen LogP contribution in [0.3, 0.4) is 0 Å². The van der Waals surface area contributed by atoms with Crippen molar-refractivity contribution in [3.63, 3.8) is 0 Å². The molecule has 1 aliphatic heterocycles. The van der Waals surface area contributed by atoms with Gasteiger partial charge in [-0.15, -0.1) is 11.3 Å². The van der Waals surface area contributed by atoms with Crippen molar-refractivity contribution in [2.45, 2.75) is 32.8 Å². The van der Waals surface area contributed by atoms with Crippen molar-refractivity contribution in [2.75, 3.05) is 18.1 Å². The fourth-order valence-electron chi connectivity index (χ4n) is 3.28. The highest BCUT2D eigenvalue weighted by atomic mass is 79.9. The summed E-state index contributed by atoms with van der Waals surface area (Å²) in [6.07, 6.45) is 2.12. The number of nitrogens with zero attached hydrogens (tertiary/aromatic N) is 2. The largest absolute Gasteiger partial charge is 0.376 e. The van der Waals surface area contributed by atoms with Gasteiger partial charge in [-0.05, 0) is 71.9 Å². The average molecular weight is 451 g/mol. The number of benzene rings is 1. The Kier molecular flexibility index (Phi) is 5.14. The molecule has 3 heterocycles. The number of ether oxygens (including phenoxy) is 1. The molecule has 2 aromatic heterocycles. The summed E-state index contributed by atoms with van der Waals surface area (Å²) in [5.41, 5.74) is 3.34. The van der Waals surface area contributed by atoms with Gasteiger partial charge in [0, 0.05) is 6.61 Å². The summed E-state index contributed by atoms with van der Waals surface area (Å²) >= 11 is 6.48. The van der Waals surface area contributed by atoms with Gasteiger partial charge in [0.05, 0.1) is 31.5 Å². The third-order valence-corrected chi connectivity index (χ3v) is 7.13. The molecule has 0 radical (unpaired) electrons. The van der Waals surface area contributed by atoms with E-state index in [1.54, 1.807) is 16.2 Å². The van der Waals surface area contributed by atoms with Crippen molar-refractivity contribution >= 4 is 59.9 Å². The first kappa shape index (κ1) is 18.1. The molecule has 1 fully saturated rings. The number of carbonyl (C=O) groups excluding carboxylic acids is 1. The normalized spacial score (nSPS) is 17.1.